The van der Waals surface area contributed by atoms with Gasteiger partial charge in [0.2, 0.25) is 0 Å². The van der Waals surface area contributed by atoms with Gasteiger partial charge < -0.3 is 5.73 Å². The molecule has 0 amide bonds. The van der Waals surface area contributed by atoms with Crippen LogP contribution in [-0.4, -0.2) is 0 Å². The van der Waals surface area contributed by atoms with Gasteiger partial charge in [0.05, 0.1) is 5.56 Å². The molecule has 0 saturated heterocycles. The van der Waals surface area contributed by atoms with Gasteiger partial charge in [0.1, 0.15) is 5.82 Å². The summed E-state index contributed by atoms with van der Waals surface area (Å²) < 4.78 is 51.2. The summed E-state index contributed by atoms with van der Waals surface area (Å²) in [6.07, 6.45) is -3.95. The summed E-state index contributed by atoms with van der Waals surface area (Å²) in [5.41, 5.74) is 6.85. The Hall–Kier alpha value is -1.15. The Morgan fingerprint density at radius 2 is 1.67 bits per heavy atom. The molecule has 2 aromatic rings. The van der Waals surface area contributed by atoms with E-state index in [0.29, 0.717) is 15.6 Å². The van der Waals surface area contributed by atoms with E-state index in [1.165, 1.54) is 24.3 Å². The molecule has 112 valence electrons. The molecule has 0 saturated carbocycles. The fourth-order valence-electron chi connectivity index (χ4n) is 2.00. The second-order valence-corrected chi connectivity index (χ2v) is 5.83. The van der Waals surface area contributed by atoms with Gasteiger partial charge in [-0.25, -0.2) is 4.39 Å². The first-order valence-corrected chi connectivity index (χ1v) is 7.22. The zero-order valence-corrected chi connectivity index (χ0v) is 13.0. The van der Waals surface area contributed by atoms with Gasteiger partial charge in [0.25, 0.3) is 0 Å². The molecule has 6 heteroatoms. The van der Waals surface area contributed by atoms with Crippen LogP contribution in [-0.2, 0) is 12.6 Å². The van der Waals surface area contributed by atoms with E-state index in [-0.39, 0.29) is 5.82 Å². The zero-order valence-electron chi connectivity index (χ0n) is 10.8. The summed E-state index contributed by atoms with van der Waals surface area (Å²) in [5.74, 6) is -0.343. The van der Waals surface area contributed by atoms with Gasteiger partial charge >= 0.3 is 6.18 Å². The minimum Gasteiger partial charge on any atom is -0.324 e. The second kappa shape index (κ2) is 6.31. The van der Waals surface area contributed by atoms with Crippen LogP contribution in [0.3, 0.4) is 0 Å². The minimum absolute atomic E-state index is 0.343. The number of hydrogen-bond acceptors (Lipinski definition) is 1. The van der Waals surface area contributed by atoms with E-state index in [9.17, 15) is 17.6 Å². The molecule has 0 aliphatic heterocycles. The smallest absolute Gasteiger partial charge is 0.324 e. The van der Waals surface area contributed by atoms with Gasteiger partial charge in [-0.05, 0) is 64.4 Å². The lowest BCUT2D eigenvalue weighted by molar-refractivity contribution is -0.137. The van der Waals surface area contributed by atoms with Crippen molar-refractivity contribution in [3.8, 4) is 0 Å². The Labute approximate surface area is 133 Å². The molecule has 0 aromatic heterocycles. The molecule has 1 nitrogen and oxygen atoms in total. The van der Waals surface area contributed by atoms with Crippen LogP contribution in [0.25, 0.3) is 0 Å². The lowest BCUT2D eigenvalue weighted by atomic mass is 9.99. The van der Waals surface area contributed by atoms with Gasteiger partial charge in [-0.1, -0.05) is 18.2 Å². The maximum Gasteiger partial charge on any atom is 0.416 e. The molecule has 0 bridgehead atoms. The number of nitrogens with two attached hydrogens (primary N) is 1. The Bertz CT molecular complexity index is 623. The molecule has 1 unspecified atom stereocenters. The van der Waals surface area contributed by atoms with E-state index >= 15 is 0 Å². The van der Waals surface area contributed by atoms with E-state index in [2.05, 4.69) is 0 Å². The topological polar surface area (TPSA) is 26.0 Å². The number of benzene rings is 2. The van der Waals surface area contributed by atoms with E-state index in [4.69, 9.17) is 5.73 Å². The molecule has 2 N–H and O–H groups in total. The molecule has 0 spiro atoms. The van der Waals surface area contributed by atoms with Crippen LogP contribution >= 0.6 is 22.6 Å². The summed E-state index contributed by atoms with van der Waals surface area (Å²) >= 11 is 1.99. The molecule has 0 heterocycles. The number of hydrogen-bond donors (Lipinski definition) is 1. The van der Waals surface area contributed by atoms with Crippen molar-refractivity contribution in [2.24, 2.45) is 5.73 Å². The Balaban J connectivity index is 2.14. The quantitative estimate of drug-likeness (QED) is 0.578. The minimum atomic E-state index is -4.34. The average molecular weight is 409 g/mol. The molecule has 0 fully saturated rings. The van der Waals surface area contributed by atoms with Gasteiger partial charge in [0.15, 0.2) is 0 Å². The van der Waals surface area contributed by atoms with Crippen LogP contribution in [0, 0.1) is 9.39 Å². The first kappa shape index (κ1) is 16.2. The Morgan fingerprint density at radius 1 is 1.05 bits per heavy atom. The second-order valence-electron chi connectivity index (χ2n) is 4.67. The highest BCUT2D eigenvalue weighted by Gasteiger charge is 2.29. The third-order valence-electron chi connectivity index (χ3n) is 3.10. The number of rotatable bonds is 3. The fourth-order valence-corrected chi connectivity index (χ4v) is 2.87. The monoisotopic (exact) mass is 409 g/mol. The lowest BCUT2D eigenvalue weighted by Gasteiger charge is -2.15. The molecule has 2 aromatic carbocycles. The third-order valence-corrected chi connectivity index (χ3v) is 4.03. The van der Waals surface area contributed by atoms with Gasteiger partial charge in [-0.2, -0.15) is 13.2 Å². The van der Waals surface area contributed by atoms with Crippen LogP contribution in [0.4, 0.5) is 17.6 Å². The van der Waals surface area contributed by atoms with Crippen molar-refractivity contribution in [3.63, 3.8) is 0 Å². The predicted octanol–water partition coefficient (Wildman–Crippen LogP) is 4.69. The summed E-state index contributed by atoms with van der Waals surface area (Å²) in [6.45, 7) is 0. The van der Waals surface area contributed by atoms with Crippen molar-refractivity contribution in [3.05, 3.63) is 68.5 Å². The average Bonchev–Trinajstić information content (AvgIpc) is 2.38. The standard InChI is InChI=1S/C15H12F4IN/c16-11-5-6-12(13(20)8-11)14(21)7-9-1-3-10(4-2-9)15(17,18)19/h1-6,8,14H,7,21H2. The number of alkyl halides is 3. The maximum absolute atomic E-state index is 13.0. The van der Waals surface area contributed by atoms with E-state index in [0.717, 1.165) is 17.7 Å². The summed E-state index contributed by atoms with van der Waals surface area (Å²) in [5, 5.41) is 0. The van der Waals surface area contributed by atoms with E-state index < -0.39 is 17.8 Å². The molecule has 0 aliphatic rings. The normalized spacial score (nSPS) is 13.2. The van der Waals surface area contributed by atoms with Gasteiger partial charge in [-0.3, -0.25) is 0 Å². The van der Waals surface area contributed by atoms with Gasteiger partial charge in [-0.15, -0.1) is 0 Å². The fraction of sp³-hybridized carbons (Fsp3) is 0.200. The SMILES string of the molecule is NC(Cc1ccc(C(F)(F)F)cc1)c1ccc(F)cc1I. The van der Waals surface area contributed by atoms with Crippen LogP contribution < -0.4 is 5.73 Å². The zero-order chi connectivity index (χ0) is 15.6. The highest BCUT2D eigenvalue weighted by atomic mass is 127. The van der Waals surface area contributed by atoms with Crippen molar-refractivity contribution < 1.29 is 17.6 Å². The molecule has 0 radical (unpaired) electrons. The molecule has 2 rings (SSSR count). The Morgan fingerprint density at radius 3 is 2.19 bits per heavy atom. The van der Waals surface area contributed by atoms with Crippen molar-refractivity contribution in [2.45, 2.75) is 18.6 Å². The van der Waals surface area contributed by atoms with Gasteiger partial charge in [0, 0.05) is 9.61 Å². The Kier molecular flexibility index (Phi) is 4.88. The number of halogens is 5. The summed E-state index contributed by atoms with van der Waals surface area (Å²) in [6, 6.07) is 8.82. The lowest BCUT2D eigenvalue weighted by Crippen LogP contribution is -2.15. The maximum atomic E-state index is 13.0. The third kappa shape index (κ3) is 4.16. The van der Waals surface area contributed by atoms with Crippen LogP contribution in [0.15, 0.2) is 42.5 Å². The summed E-state index contributed by atoms with van der Waals surface area (Å²) in [7, 11) is 0. The molecule has 1 atom stereocenters. The first-order chi connectivity index (χ1) is 9.77. The van der Waals surface area contributed by atoms with Crippen molar-refractivity contribution in [1.82, 2.24) is 0 Å². The predicted molar refractivity (Wildman–Crippen MR) is 81.2 cm³/mol. The van der Waals surface area contributed by atoms with Crippen LogP contribution in [0.2, 0.25) is 0 Å². The summed E-state index contributed by atoms with van der Waals surface area (Å²) in [4.78, 5) is 0. The largest absolute Gasteiger partial charge is 0.416 e. The molecule has 21 heavy (non-hydrogen) atoms. The van der Waals surface area contributed by atoms with Crippen LogP contribution in [0.1, 0.15) is 22.7 Å². The van der Waals surface area contributed by atoms with Crippen molar-refractivity contribution >= 4 is 22.6 Å². The van der Waals surface area contributed by atoms with Crippen molar-refractivity contribution in [1.29, 1.82) is 0 Å². The first-order valence-electron chi connectivity index (χ1n) is 6.14. The molecular formula is C15H12F4IN. The molecular weight excluding hydrogens is 397 g/mol. The highest BCUT2D eigenvalue weighted by Crippen LogP contribution is 2.30. The van der Waals surface area contributed by atoms with Crippen LogP contribution in [0.5, 0.6) is 0 Å². The highest BCUT2D eigenvalue weighted by molar-refractivity contribution is 14.1. The van der Waals surface area contributed by atoms with E-state index in [1.807, 2.05) is 22.6 Å². The van der Waals surface area contributed by atoms with E-state index in [1.54, 1.807) is 6.07 Å². The van der Waals surface area contributed by atoms with Crippen molar-refractivity contribution in [2.75, 3.05) is 0 Å². The molecule has 0 aliphatic carbocycles.